The SMILES string of the molecule is CC(C)[C@H](CO)Nc1nc(Nc2ccc(N3CCOCC3)cc2)cc(C2CC2)n1. The molecule has 1 saturated heterocycles. The van der Waals surface area contributed by atoms with E-state index in [4.69, 9.17) is 9.72 Å². The molecule has 29 heavy (non-hydrogen) atoms. The second-order valence-corrected chi connectivity index (χ2v) is 8.22. The number of nitrogens with one attached hydrogen (secondary N) is 2. The van der Waals surface area contributed by atoms with Gasteiger partial charge in [0.05, 0.1) is 31.6 Å². The molecule has 0 unspecified atom stereocenters. The minimum atomic E-state index is -0.0647. The summed E-state index contributed by atoms with van der Waals surface area (Å²) in [7, 11) is 0. The third-order valence-corrected chi connectivity index (χ3v) is 5.57. The summed E-state index contributed by atoms with van der Waals surface area (Å²) in [6, 6.07) is 10.4. The van der Waals surface area contributed by atoms with Crippen LogP contribution in [0.25, 0.3) is 0 Å². The molecule has 1 aromatic carbocycles. The van der Waals surface area contributed by atoms with E-state index >= 15 is 0 Å². The molecular weight excluding hydrogens is 366 g/mol. The van der Waals surface area contributed by atoms with E-state index in [0.717, 1.165) is 43.5 Å². The summed E-state index contributed by atoms with van der Waals surface area (Å²) >= 11 is 0. The van der Waals surface area contributed by atoms with E-state index in [0.29, 0.717) is 11.9 Å². The Morgan fingerprint density at radius 1 is 1.14 bits per heavy atom. The first kappa shape index (κ1) is 19.9. The number of nitrogens with zero attached hydrogens (tertiary/aromatic N) is 3. The lowest BCUT2D eigenvalue weighted by atomic mass is 10.1. The van der Waals surface area contributed by atoms with E-state index in [-0.39, 0.29) is 18.6 Å². The van der Waals surface area contributed by atoms with Gasteiger partial charge in [-0.15, -0.1) is 0 Å². The Morgan fingerprint density at radius 3 is 2.48 bits per heavy atom. The molecule has 0 amide bonds. The summed E-state index contributed by atoms with van der Waals surface area (Å²) in [5.74, 6) is 2.17. The molecule has 1 aliphatic carbocycles. The number of hydrogen-bond donors (Lipinski definition) is 3. The fourth-order valence-corrected chi connectivity index (χ4v) is 3.50. The Hall–Kier alpha value is -2.38. The molecule has 1 saturated carbocycles. The molecule has 1 aliphatic heterocycles. The fraction of sp³-hybridized carbons (Fsp3) is 0.545. The van der Waals surface area contributed by atoms with Crippen molar-refractivity contribution in [3.05, 3.63) is 36.0 Å². The first-order valence-electron chi connectivity index (χ1n) is 10.6. The van der Waals surface area contributed by atoms with Crippen LogP contribution < -0.4 is 15.5 Å². The van der Waals surface area contributed by atoms with E-state index in [1.54, 1.807) is 0 Å². The zero-order valence-electron chi connectivity index (χ0n) is 17.3. The molecule has 7 nitrogen and oxygen atoms in total. The summed E-state index contributed by atoms with van der Waals surface area (Å²) in [6.45, 7) is 7.64. The Labute approximate surface area is 172 Å². The minimum Gasteiger partial charge on any atom is -0.394 e. The highest BCUT2D eigenvalue weighted by Gasteiger charge is 2.26. The zero-order valence-corrected chi connectivity index (χ0v) is 17.3. The van der Waals surface area contributed by atoms with Gasteiger partial charge in [0.2, 0.25) is 5.95 Å². The van der Waals surface area contributed by atoms with Crippen LogP contribution in [0.3, 0.4) is 0 Å². The number of ether oxygens (including phenoxy) is 1. The highest BCUT2D eigenvalue weighted by Crippen LogP contribution is 2.40. The monoisotopic (exact) mass is 397 g/mol. The van der Waals surface area contributed by atoms with Crippen molar-refractivity contribution in [3.63, 3.8) is 0 Å². The summed E-state index contributed by atoms with van der Waals surface area (Å²) in [6.07, 6.45) is 2.36. The zero-order chi connectivity index (χ0) is 20.2. The summed E-state index contributed by atoms with van der Waals surface area (Å²) in [5, 5.41) is 16.4. The molecular formula is C22H31N5O2. The highest BCUT2D eigenvalue weighted by atomic mass is 16.5. The summed E-state index contributed by atoms with van der Waals surface area (Å²) in [4.78, 5) is 11.7. The van der Waals surface area contributed by atoms with E-state index in [2.05, 4.69) is 58.6 Å². The van der Waals surface area contributed by atoms with E-state index in [1.165, 1.54) is 18.5 Å². The van der Waals surface area contributed by atoms with Crippen LogP contribution in [0.5, 0.6) is 0 Å². The van der Waals surface area contributed by atoms with Crippen molar-refractivity contribution in [3.8, 4) is 0 Å². The highest BCUT2D eigenvalue weighted by molar-refractivity contribution is 5.62. The molecule has 1 atom stereocenters. The van der Waals surface area contributed by atoms with Gasteiger partial charge in [-0.05, 0) is 43.0 Å². The van der Waals surface area contributed by atoms with Crippen molar-refractivity contribution in [2.45, 2.75) is 38.6 Å². The van der Waals surface area contributed by atoms with Gasteiger partial charge in [0.25, 0.3) is 0 Å². The summed E-state index contributed by atoms with van der Waals surface area (Å²) < 4.78 is 5.43. The van der Waals surface area contributed by atoms with Crippen LogP contribution >= 0.6 is 0 Å². The van der Waals surface area contributed by atoms with Gasteiger partial charge in [0, 0.05) is 36.4 Å². The Morgan fingerprint density at radius 2 is 1.86 bits per heavy atom. The molecule has 2 fully saturated rings. The standard InChI is InChI=1S/C22H31N5O2/c1-15(2)20(14-28)25-22-24-19(16-3-4-16)13-21(26-22)23-17-5-7-18(8-6-17)27-9-11-29-12-10-27/h5-8,13,15-16,20,28H,3-4,9-12,14H2,1-2H3,(H2,23,24,25,26)/t20-/m0/s1. The second-order valence-electron chi connectivity index (χ2n) is 8.22. The predicted octanol–water partition coefficient (Wildman–Crippen LogP) is 3.36. The Bertz CT molecular complexity index is 801. The van der Waals surface area contributed by atoms with Gasteiger partial charge in [-0.3, -0.25) is 0 Å². The van der Waals surface area contributed by atoms with Gasteiger partial charge < -0.3 is 25.4 Å². The number of rotatable bonds is 8. The van der Waals surface area contributed by atoms with Crippen LogP contribution in [-0.2, 0) is 4.74 Å². The molecule has 0 radical (unpaired) electrons. The molecule has 2 aliphatic rings. The van der Waals surface area contributed by atoms with Gasteiger partial charge in [0.1, 0.15) is 5.82 Å². The molecule has 0 spiro atoms. The molecule has 2 aromatic rings. The van der Waals surface area contributed by atoms with Gasteiger partial charge in [0.15, 0.2) is 0 Å². The average molecular weight is 398 g/mol. The topological polar surface area (TPSA) is 82.5 Å². The van der Waals surface area contributed by atoms with Crippen LogP contribution in [-0.4, -0.2) is 54.0 Å². The van der Waals surface area contributed by atoms with Crippen molar-refractivity contribution in [2.24, 2.45) is 5.92 Å². The largest absolute Gasteiger partial charge is 0.394 e. The number of aliphatic hydroxyl groups is 1. The second kappa shape index (κ2) is 8.97. The maximum atomic E-state index is 9.64. The van der Waals surface area contributed by atoms with Gasteiger partial charge in [-0.1, -0.05) is 13.8 Å². The van der Waals surface area contributed by atoms with Crippen LogP contribution in [0.2, 0.25) is 0 Å². The molecule has 4 rings (SSSR count). The van der Waals surface area contributed by atoms with Gasteiger partial charge >= 0.3 is 0 Å². The van der Waals surface area contributed by atoms with E-state index in [1.807, 2.05) is 6.07 Å². The number of aromatic nitrogens is 2. The Kier molecular flexibility index (Phi) is 6.16. The number of morpholine rings is 1. The lowest BCUT2D eigenvalue weighted by molar-refractivity contribution is 0.122. The van der Waals surface area contributed by atoms with Crippen molar-refractivity contribution in [1.29, 1.82) is 0 Å². The smallest absolute Gasteiger partial charge is 0.225 e. The van der Waals surface area contributed by atoms with Crippen molar-refractivity contribution in [1.82, 2.24) is 9.97 Å². The van der Waals surface area contributed by atoms with Crippen molar-refractivity contribution >= 4 is 23.1 Å². The molecule has 7 heteroatoms. The molecule has 0 bridgehead atoms. The number of aliphatic hydroxyl groups excluding tert-OH is 1. The third kappa shape index (κ3) is 5.16. The molecule has 1 aromatic heterocycles. The Balaban J connectivity index is 1.49. The van der Waals surface area contributed by atoms with E-state index in [9.17, 15) is 5.11 Å². The first-order chi connectivity index (χ1) is 14.1. The van der Waals surface area contributed by atoms with Crippen LogP contribution in [0.4, 0.5) is 23.1 Å². The quantitative estimate of drug-likeness (QED) is 0.630. The average Bonchev–Trinajstić information content (AvgIpc) is 3.58. The maximum Gasteiger partial charge on any atom is 0.225 e. The van der Waals surface area contributed by atoms with Crippen molar-refractivity contribution in [2.75, 3.05) is 48.4 Å². The minimum absolute atomic E-state index is 0.0560. The first-order valence-corrected chi connectivity index (χ1v) is 10.6. The van der Waals surface area contributed by atoms with E-state index < -0.39 is 0 Å². The maximum absolute atomic E-state index is 9.64. The van der Waals surface area contributed by atoms with Crippen molar-refractivity contribution < 1.29 is 9.84 Å². The van der Waals surface area contributed by atoms with Crippen LogP contribution in [0.1, 0.15) is 38.3 Å². The fourth-order valence-electron chi connectivity index (χ4n) is 3.50. The van der Waals surface area contributed by atoms with Crippen LogP contribution in [0, 0.1) is 5.92 Å². The third-order valence-electron chi connectivity index (χ3n) is 5.57. The molecule has 3 N–H and O–H groups in total. The number of benzene rings is 1. The molecule has 156 valence electrons. The lowest BCUT2D eigenvalue weighted by Gasteiger charge is -2.28. The summed E-state index contributed by atoms with van der Waals surface area (Å²) in [5.41, 5.74) is 3.27. The van der Waals surface area contributed by atoms with Gasteiger partial charge in [-0.25, -0.2) is 4.98 Å². The molecule has 2 heterocycles. The number of hydrogen-bond acceptors (Lipinski definition) is 7. The number of anilines is 4. The van der Waals surface area contributed by atoms with Gasteiger partial charge in [-0.2, -0.15) is 4.98 Å². The lowest BCUT2D eigenvalue weighted by Crippen LogP contribution is -2.36. The predicted molar refractivity (Wildman–Crippen MR) is 116 cm³/mol. The van der Waals surface area contributed by atoms with Crippen LogP contribution in [0.15, 0.2) is 30.3 Å². The normalized spacial score (nSPS) is 18.0.